The van der Waals surface area contributed by atoms with Crippen molar-refractivity contribution < 1.29 is 4.79 Å². The predicted octanol–water partition coefficient (Wildman–Crippen LogP) is 2.26. The van der Waals surface area contributed by atoms with Crippen molar-refractivity contribution in [1.82, 2.24) is 9.78 Å². The molecule has 0 spiro atoms. The monoisotopic (exact) mass is 312 g/mol. The highest BCUT2D eigenvalue weighted by molar-refractivity contribution is 14.1. The molecule has 1 aromatic heterocycles. The van der Waals surface area contributed by atoms with Crippen molar-refractivity contribution in [2.24, 2.45) is 7.05 Å². The Morgan fingerprint density at radius 1 is 1.40 bits per heavy atom. The molecule has 0 bridgehead atoms. The summed E-state index contributed by atoms with van der Waals surface area (Å²) in [5.41, 5.74) is 1.17. The van der Waals surface area contributed by atoms with Crippen LogP contribution < -0.4 is 0 Å². The van der Waals surface area contributed by atoms with Gasteiger partial charge < -0.3 is 0 Å². The summed E-state index contributed by atoms with van der Waals surface area (Å²) in [5.74, 6) is -0.0332. The molecule has 0 saturated carbocycles. The molecular formula is C11H9IN2O. The molecule has 0 radical (unpaired) electrons. The van der Waals surface area contributed by atoms with Gasteiger partial charge in [-0.2, -0.15) is 5.10 Å². The first kappa shape index (κ1) is 10.4. The molecule has 0 aliphatic carbocycles. The smallest absolute Gasteiger partial charge is 0.213 e. The van der Waals surface area contributed by atoms with Crippen LogP contribution in [0.2, 0.25) is 0 Å². The Morgan fingerprint density at radius 2 is 2.20 bits per heavy atom. The minimum Gasteiger partial charge on any atom is -0.287 e. The minimum atomic E-state index is -0.0332. The molecule has 0 atom stereocenters. The summed E-state index contributed by atoms with van der Waals surface area (Å²) in [6, 6.07) is 9.21. The summed E-state index contributed by atoms with van der Waals surface area (Å²) in [5, 5.41) is 4.08. The van der Waals surface area contributed by atoms with Crippen molar-refractivity contribution in [1.29, 1.82) is 0 Å². The van der Waals surface area contributed by atoms with E-state index in [-0.39, 0.29) is 5.78 Å². The zero-order valence-corrected chi connectivity index (χ0v) is 10.3. The normalized spacial score (nSPS) is 10.3. The highest BCUT2D eigenvalue weighted by Gasteiger charge is 2.11. The molecule has 0 unspecified atom stereocenters. The van der Waals surface area contributed by atoms with E-state index in [9.17, 15) is 4.79 Å². The van der Waals surface area contributed by atoms with Crippen LogP contribution >= 0.6 is 22.6 Å². The molecule has 0 N–H and O–H groups in total. The van der Waals surface area contributed by atoms with Gasteiger partial charge in [-0.05, 0) is 40.8 Å². The van der Waals surface area contributed by atoms with Gasteiger partial charge in [-0.25, -0.2) is 0 Å². The lowest BCUT2D eigenvalue weighted by atomic mass is 10.1. The summed E-state index contributed by atoms with van der Waals surface area (Å²) in [6.07, 6.45) is 1.77. The van der Waals surface area contributed by atoms with Gasteiger partial charge in [0.25, 0.3) is 0 Å². The molecule has 1 heterocycles. The van der Waals surface area contributed by atoms with E-state index in [1.165, 1.54) is 0 Å². The quantitative estimate of drug-likeness (QED) is 0.630. The van der Waals surface area contributed by atoms with Crippen molar-refractivity contribution in [2.45, 2.75) is 0 Å². The standard InChI is InChI=1S/C11H9IN2O/c1-14-6-5-10(13-14)11(15)8-3-2-4-9(12)7-8/h2-7H,1H3. The Morgan fingerprint density at radius 3 is 2.80 bits per heavy atom. The zero-order chi connectivity index (χ0) is 10.8. The van der Waals surface area contributed by atoms with E-state index in [0.29, 0.717) is 11.3 Å². The van der Waals surface area contributed by atoms with Gasteiger partial charge in [0.2, 0.25) is 5.78 Å². The van der Waals surface area contributed by atoms with E-state index >= 15 is 0 Å². The second kappa shape index (κ2) is 4.14. The number of carbonyl (C=O) groups excluding carboxylic acids is 1. The number of nitrogens with zero attached hydrogens (tertiary/aromatic N) is 2. The van der Waals surface area contributed by atoms with Crippen LogP contribution in [-0.4, -0.2) is 15.6 Å². The Kier molecular flexibility index (Phi) is 2.86. The molecule has 0 saturated heterocycles. The third kappa shape index (κ3) is 2.26. The van der Waals surface area contributed by atoms with Crippen molar-refractivity contribution >= 4 is 28.4 Å². The molecule has 15 heavy (non-hydrogen) atoms. The first-order valence-electron chi connectivity index (χ1n) is 4.47. The number of hydrogen-bond acceptors (Lipinski definition) is 2. The maximum Gasteiger partial charge on any atom is 0.213 e. The Labute approximate surface area is 101 Å². The summed E-state index contributed by atoms with van der Waals surface area (Å²) in [6.45, 7) is 0. The number of carbonyl (C=O) groups is 1. The fourth-order valence-electron chi connectivity index (χ4n) is 1.31. The maximum absolute atomic E-state index is 11.9. The van der Waals surface area contributed by atoms with Gasteiger partial charge in [-0.3, -0.25) is 9.48 Å². The highest BCUT2D eigenvalue weighted by Crippen LogP contribution is 2.11. The molecular weight excluding hydrogens is 303 g/mol. The number of hydrogen-bond donors (Lipinski definition) is 0. The van der Waals surface area contributed by atoms with Gasteiger partial charge >= 0.3 is 0 Å². The van der Waals surface area contributed by atoms with Crippen LogP contribution in [0.1, 0.15) is 16.1 Å². The summed E-state index contributed by atoms with van der Waals surface area (Å²) < 4.78 is 2.68. The van der Waals surface area contributed by atoms with Gasteiger partial charge in [-0.1, -0.05) is 12.1 Å². The molecule has 0 aliphatic rings. The number of benzene rings is 1. The van der Waals surface area contributed by atoms with E-state index in [1.54, 1.807) is 30.1 Å². The van der Waals surface area contributed by atoms with Crippen molar-refractivity contribution in [3.63, 3.8) is 0 Å². The molecule has 0 amide bonds. The summed E-state index contributed by atoms with van der Waals surface area (Å²) in [4.78, 5) is 11.9. The molecule has 0 aliphatic heterocycles. The van der Waals surface area contributed by atoms with Crippen LogP contribution in [0, 0.1) is 3.57 Å². The average molecular weight is 312 g/mol. The van der Waals surface area contributed by atoms with Crippen LogP contribution in [0.15, 0.2) is 36.5 Å². The van der Waals surface area contributed by atoms with Gasteiger partial charge in [0.1, 0.15) is 5.69 Å². The molecule has 2 rings (SSSR count). The first-order valence-corrected chi connectivity index (χ1v) is 5.54. The second-order valence-corrected chi connectivity index (χ2v) is 4.46. The second-order valence-electron chi connectivity index (χ2n) is 3.21. The van der Waals surface area contributed by atoms with E-state index < -0.39 is 0 Å². The lowest BCUT2D eigenvalue weighted by molar-refractivity contribution is 0.103. The number of aryl methyl sites for hydroxylation is 1. The van der Waals surface area contributed by atoms with Gasteiger partial charge in [0, 0.05) is 22.4 Å². The third-order valence-corrected chi connectivity index (χ3v) is 2.70. The molecule has 76 valence electrons. The van der Waals surface area contributed by atoms with Crippen LogP contribution in [0.5, 0.6) is 0 Å². The number of halogens is 1. The Bertz CT molecular complexity index is 505. The number of aromatic nitrogens is 2. The lowest BCUT2D eigenvalue weighted by Gasteiger charge is -1.97. The maximum atomic E-state index is 11.9. The summed E-state index contributed by atoms with van der Waals surface area (Å²) in [7, 11) is 1.80. The number of rotatable bonds is 2. The average Bonchev–Trinajstić information content (AvgIpc) is 2.64. The lowest BCUT2D eigenvalue weighted by Crippen LogP contribution is -2.03. The van der Waals surface area contributed by atoms with Crippen molar-refractivity contribution in [3.8, 4) is 0 Å². The van der Waals surface area contributed by atoms with Crippen LogP contribution in [0.3, 0.4) is 0 Å². The highest BCUT2D eigenvalue weighted by atomic mass is 127. The van der Waals surface area contributed by atoms with Gasteiger partial charge in [0.15, 0.2) is 0 Å². The topological polar surface area (TPSA) is 34.9 Å². The van der Waals surface area contributed by atoms with Crippen molar-refractivity contribution in [2.75, 3.05) is 0 Å². The predicted molar refractivity (Wildman–Crippen MR) is 65.8 cm³/mol. The molecule has 4 heteroatoms. The van der Waals surface area contributed by atoms with Gasteiger partial charge in [0.05, 0.1) is 0 Å². The fourth-order valence-corrected chi connectivity index (χ4v) is 1.86. The van der Waals surface area contributed by atoms with Crippen LogP contribution in [-0.2, 0) is 7.05 Å². The summed E-state index contributed by atoms with van der Waals surface area (Å²) >= 11 is 2.19. The molecule has 0 fully saturated rings. The molecule has 3 nitrogen and oxygen atoms in total. The van der Waals surface area contributed by atoms with Crippen molar-refractivity contribution in [3.05, 3.63) is 51.4 Å². The zero-order valence-electron chi connectivity index (χ0n) is 8.14. The number of ketones is 1. The first-order chi connectivity index (χ1) is 7.16. The van der Waals surface area contributed by atoms with Crippen LogP contribution in [0.25, 0.3) is 0 Å². The molecule has 1 aromatic carbocycles. The fraction of sp³-hybridized carbons (Fsp3) is 0.0909. The van der Waals surface area contributed by atoms with Gasteiger partial charge in [-0.15, -0.1) is 0 Å². The Hall–Kier alpha value is -1.17. The SMILES string of the molecule is Cn1ccc(C(=O)c2cccc(I)c2)n1. The minimum absolute atomic E-state index is 0.0332. The Balaban J connectivity index is 2.36. The van der Waals surface area contributed by atoms with E-state index in [1.807, 2.05) is 18.2 Å². The largest absolute Gasteiger partial charge is 0.287 e. The third-order valence-electron chi connectivity index (χ3n) is 2.03. The van der Waals surface area contributed by atoms with Crippen LogP contribution in [0.4, 0.5) is 0 Å². The van der Waals surface area contributed by atoms with E-state index in [4.69, 9.17) is 0 Å². The van der Waals surface area contributed by atoms with E-state index in [0.717, 1.165) is 3.57 Å². The van der Waals surface area contributed by atoms with E-state index in [2.05, 4.69) is 27.7 Å². The molecule has 2 aromatic rings.